The molecule has 0 aromatic rings. The SMILES string of the molecule is O=S(=O)(OC(F)(F)F)C(F)(F)C(F)(F)C(F)(F)F. The molecule has 0 spiro atoms. The number of rotatable bonds is 3. The molecule has 0 unspecified atom stereocenters. The van der Waals surface area contributed by atoms with Gasteiger partial charge < -0.3 is 0 Å². The van der Waals surface area contributed by atoms with Gasteiger partial charge in [0.25, 0.3) is 0 Å². The summed E-state index contributed by atoms with van der Waals surface area (Å²) in [6.45, 7) is 0. The van der Waals surface area contributed by atoms with Gasteiger partial charge in [0.2, 0.25) is 0 Å². The van der Waals surface area contributed by atoms with Crippen molar-refractivity contribution < 1.29 is 56.5 Å². The molecule has 0 saturated carbocycles. The molecule has 0 aliphatic heterocycles. The number of halogens is 10. The minimum atomic E-state index is -7.59. The zero-order valence-corrected chi connectivity index (χ0v) is 8.23. The minimum Gasteiger partial charge on any atom is -0.192 e. The maximum atomic E-state index is 12.3. The van der Waals surface area contributed by atoms with Gasteiger partial charge in [-0.2, -0.15) is 43.3 Å². The number of hydrogen-bond acceptors (Lipinski definition) is 3. The van der Waals surface area contributed by atoms with Crippen molar-refractivity contribution in [2.45, 2.75) is 23.7 Å². The Bertz CT molecular complexity index is 402. The van der Waals surface area contributed by atoms with Crippen molar-refractivity contribution in [3.8, 4) is 0 Å². The Balaban J connectivity index is 5.67. The van der Waals surface area contributed by atoms with Crippen molar-refractivity contribution in [1.82, 2.24) is 0 Å². The average Bonchev–Trinajstić information content (AvgIpc) is 1.95. The van der Waals surface area contributed by atoms with Gasteiger partial charge in [0, 0.05) is 0 Å². The maximum absolute atomic E-state index is 12.3. The summed E-state index contributed by atoms with van der Waals surface area (Å²) < 4.78 is 139. The predicted molar refractivity (Wildman–Crippen MR) is 32.0 cm³/mol. The van der Waals surface area contributed by atoms with Crippen LogP contribution in [0.15, 0.2) is 0 Å². The van der Waals surface area contributed by atoms with Gasteiger partial charge in [-0.1, -0.05) is 0 Å². The molecule has 18 heavy (non-hydrogen) atoms. The van der Waals surface area contributed by atoms with Gasteiger partial charge in [-0.05, 0) is 0 Å². The molecule has 0 heterocycles. The summed E-state index contributed by atoms with van der Waals surface area (Å²) >= 11 is 0. The zero-order valence-electron chi connectivity index (χ0n) is 7.41. The van der Waals surface area contributed by atoms with Gasteiger partial charge >= 0.3 is 33.8 Å². The normalized spacial score (nSPS) is 15.9. The highest BCUT2D eigenvalue weighted by Crippen LogP contribution is 2.50. The van der Waals surface area contributed by atoms with Crippen LogP contribution in [0.2, 0.25) is 0 Å². The molecule has 0 aliphatic carbocycles. The molecule has 3 nitrogen and oxygen atoms in total. The molecule has 0 aromatic heterocycles. The molecule has 0 bridgehead atoms. The second-order valence-corrected chi connectivity index (χ2v) is 4.16. The van der Waals surface area contributed by atoms with Crippen molar-refractivity contribution in [2.75, 3.05) is 0 Å². The molecule has 0 amide bonds. The van der Waals surface area contributed by atoms with Crippen LogP contribution < -0.4 is 0 Å². The van der Waals surface area contributed by atoms with E-state index >= 15 is 0 Å². The Morgan fingerprint density at radius 2 is 1.06 bits per heavy atom. The van der Waals surface area contributed by atoms with Gasteiger partial charge in [-0.3, -0.25) is 0 Å². The third-order valence-electron chi connectivity index (χ3n) is 1.24. The Morgan fingerprint density at radius 3 is 1.28 bits per heavy atom. The van der Waals surface area contributed by atoms with Crippen molar-refractivity contribution >= 4 is 10.1 Å². The fourth-order valence-electron chi connectivity index (χ4n) is 0.499. The highest BCUT2D eigenvalue weighted by molar-refractivity contribution is 7.87. The summed E-state index contributed by atoms with van der Waals surface area (Å²) in [6, 6.07) is 0. The molecular weight excluding hydrogens is 318 g/mol. The van der Waals surface area contributed by atoms with E-state index in [1.165, 1.54) is 0 Å². The van der Waals surface area contributed by atoms with Gasteiger partial charge in [-0.25, -0.2) is 0 Å². The van der Waals surface area contributed by atoms with E-state index in [2.05, 4.69) is 0 Å². The third kappa shape index (κ3) is 2.96. The van der Waals surface area contributed by atoms with Crippen molar-refractivity contribution in [3.05, 3.63) is 0 Å². The van der Waals surface area contributed by atoms with E-state index in [-0.39, 0.29) is 0 Å². The first kappa shape index (κ1) is 17.2. The largest absolute Gasteiger partial charge is 0.537 e. The quantitative estimate of drug-likeness (QED) is 0.593. The molecule has 0 saturated heterocycles. The average molecular weight is 318 g/mol. The standard InChI is InChI=1S/C4F10O3S/c5-1(6,2(7,8)9)3(10,11)18(15,16)17-4(12,13)14. The molecule has 0 N–H and O–H groups in total. The summed E-state index contributed by atoms with van der Waals surface area (Å²) in [6.07, 6.45) is -13.5. The Kier molecular flexibility index (Phi) is 3.93. The van der Waals surface area contributed by atoms with Crippen LogP contribution in [0.4, 0.5) is 43.9 Å². The number of alkyl halides is 10. The van der Waals surface area contributed by atoms with Crippen LogP contribution in [-0.4, -0.2) is 32.1 Å². The monoisotopic (exact) mass is 318 g/mol. The van der Waals surface area contributed by atoms with Crippen LogP contribution in [0.5, 0.6) is 0 Å². The fraction of sp³-hybridized carbons (Fsp3) is 1.00. The lowest BCUT2D eigenvalue weighted by molar-refractivity contribution is -0.338. The first-order valence-electron chi connectivity index (χ1n) is 3.30. The molecule has 0 aromatic carbocycles. The molecule has 0 rings (SSSR count). The Labute approximate surface area is 91.4 Å². The van der Waals surface area contributed by atoms with E-state index in [9.17, 15) is 52.3 Å². The highest BCUT2D eigenvalue weighted by Gasteiger charge is 2.80. The van der Waals surface area contributed by atoms with Crippen LogP contribution in [0.25, 0.3) is 0 Å². The molecule has 0 aliphatic rings. The zero-order chi connectivity index (χ0) is 15.2. The summed E-state index contributed by atoms with van der Waals surface area (Å²) in [4.78, 5) is 0. The van der Waals surface area contributed by atoms with Crippen LogP contribution in [-0.2, 0) is 14.3 Å². The molecule has 14 heteroatoms. The van der Waals surface area contributed by atoms with E-state index in [1.807, 2.05) is 0 Å². The van der Waals surface area contributed by atoms with Crippen molar-refractivity contribution in [3.63, 3.8) is 0 Å². The number of hydrogen-bond donors (Lipinski definition) is 0. The molecule has 0 fully saturated rings. The first-order valence-corrected chi connectivity index (χ1v) is 4.71. The van der Waals surface area contributed by atoms with Gasteiger partial charge in [-0.15, -0.1) is 13.2 Å². The van der Waals surface area contributed by atoms with Gasteiger partial charge in [0.15, 0.2) is 0 Å². The lowest BCUT2D eigenvalue weighted by Gasteiger charge is -2.27. The van der Waals surface area contributed by atoms with Gasteiger partial charge in [0.05, 0.1) is 0 Å². The summed E-state index contributed by atoms with van der Waals surface area (Å²) in [5.74, 6) is -7.26. The second kappa shape index (κ2) is 4.11. The van der Waals surface area contributed by atoms with Crippen LogP contribution in [0, 0.1) is 0 Å². The highest BCUT2D eigenvalue weighted by atomic mass is 32.2. The van der Waals surface area contributed by atoms with E-state index in [0.717, 1.165) is 0 Å². The van der Waals surface area contributed by atoms with E-state index in [1.54, 1.807) is 4.18 Å². The summed E-state index contributed by atoms with van der Waals surface area (Å²) in [5.41, 5.74) is 0. The van der Waals surface area contributed by atoms with E-state index in [0.29, 0.717) is 0 Å². The van der Waals surface area contributed by atoms with Crippen molar-refractivity contribution in [1.29, 1.82) is 0 Å². The minimum absolute atomic E-state index is 1.61. The Hall–Kier alpha value is -0.790. The van der Waals surface area contributed by atoms with Crippen molar-refractivity contribution in [2.24, 2.45) is 0 Å². The van der Waals surface area contributed by atoms with Crippen LogP contribution in [0.1, 0.15) is 0 Å². The summed E-state index contributed by atoms with van der Waals surface area (Å²) in [7, 11) is -7.59. The molecule has 0 atom stereocenters. The lowest BCUT2D eigenvalue weighted by Crippen LogP contribution is -2.57. The van der Waals surface area contributed by atoms with Crippen LogP contribution in [0.3, 0.4) is 0 Å². The van der Waals surface area contributed by atoms with E-state index < -0.39 is 33.8 Å². The van der Waals surface area contributed by atoms with Gasteiger partial charge in [0.1, 0.15) is 0 Å². The Morgan fingerprint density at radius 1 is 0.722 bits per heavy atom. The first-order chi connectivity index (χ1) is 7.46. The summed E-state index contributed by atoms with van der Waals surface area (Å²) in [5, 5.41) is -7.15. The predicted octanol–water partition coefficient (Wildman–Crippen LogP) is 2.64. The second-order valence-electron chi connectivity index (χ2n) is 2.57. The van der Waals surface area contributed by atoms with E-state index in [4.69, 9.17) is 0 Å². The molecular formula is C4F10O3S. The fourth-order valence-corrected chi connectivity index (χ4v) is 1.28. The van der Waals surface area contributed by atoms with Crippen LogP contribution >= 0.6 is 0 Å². The maximum Gasteiger partial charge on any atom is 0.537 e. The third-order valence-corrected chi connectivity index (χ3v) is 2.53. The molecule has 0 radical (unpaired) electrons. The lowest BCUT2D eigenvalue weighted by atomic mass is 10.3. The molecule has 110 valence electrons. The topological polar surface area (TPSA) is 43.4 Å². The smallest absolute Gasteiger partial charge is 0.192 e.